The molecule has 0 spiro atoms. The summed E-state index contributed by atoms with van der Waals surface area (Å²) < 4.78 is 3.48. The number of carbonyl (C=O) groups excluding carboxylic acids is 1. The molecule has 0 saturated carbocycles. The van der Waals surface area contributed by atoms with E-state index in [9.17, 15) is 4.79 Å². The van der Waals surface area contributed by atoms with Gasteiger partial charge in [-0.05, 0) is 12.3 Å². The van der Waals surface area contributed by atoms with Crippen LogP contribution >= 0.6 is 0 Å². The molecule has 0 aliphatic carbocycles. The van der Waals surface area contributed by atoms with E-state index in [1.165, 1.54) is 6.33 Å². The zero-order chi connectivity index (χ0) is 15.2. The molecule has 0 saturated heterocycles. The topological polar surface area (TPSA) is 90.5 Å². The first kappa shape index (κ1) is 15.1. The molecular weight excluding hydrogens is 270 g/mol. The van der Waals surface area contributed by atoms with Crippen LogP contribution < -0.4 is 5.32 Å². The maximum atomic E-state index is 12.1. The Labute approximate surface area is 123 Å². The van der Waals surface area contributed by atoms with Crippen molar-refractivity contribution in [2.75, 3.05) is 0 Å². The number of rotatable bonds is 7. The molecule has 0 radical (unpaired) electrons. The van der Waals surface area contributed by atoms with Crippen molar-refractivity contribution < 1.29 is 4.79 Å². The molecule has 0 bridgehead atoms. The Kier molecular flexibility index (Phi) is 5.02. The van der Waals surface area contributed by atoms with Crippen LogP contribution in [0.4, 0.5) is 0 Å². The van der Waals surface area contributed by atoms with Crippen molar-refractivity contribution >= 4 is 5.91 Å². The molecule has 8 nitrogen and oxygen atoms in total. The smallest absolute Gasteiger partial charge is 0.222 e. The summed E-state index contributed by atoms with van der Waals surface area (Å²) in [5.41, 5.74) is 0. The molecule has 0 aromatic carbocycles. The Morgan fingerprint density at radius 2 is 2.05 bits per heavy atom. The van der Waals surface area contributed by atoms with Crippen molar-refractivity contribution in [3.05, 3.63) is 24.8 Å². The van der Waals surface area contributed by atoms with E-state index in [-0.39, 0.29) is 11.9 Å². The molecule has 2 rings (SSSR count). The minimum absolute atomic E-state index is 0.0163. The molecule has 0 aliphatic rings. The molecule has 21 heavy (non-hydrogen) atoms. The highest BCUT2D eigenvalue weighted by Crippen LogP contribution is 2.18. The van der Waals surface area contributed by atoms with Gasteiger partial charge in [-0.1, -0.05) is 13.8 Å². The second kappa shape index (κ2) is 6.96. The van der Waals surface area contributed by atoms with Crippen molar-refractivity contribution in [2.45, 2.75) is 39.3 Å². The number of nitrogens with zero attached hydrogens (tertiary/aromatic N) is 6. The number of carbonyl (C=O) groups is 1. The molecule has 2 aromatic rings. The van der Waals surface area contributed by atoms with Crippen LogP contribution in [0, 0.1) is 5.92 Å². The summed E-state index contributed by atoms with van der Waals surface area (Å²) in [5.74, 6) is 1.21. The average molecular weight is 291 g/mol. The zero-order valence-corrected chi connectivity index (χ0v) is 12.6. The van der Waals surface area contributed by atoms with Crippen LogP contribution in [-0.4, -0.2) is 35.4 Å². The highest BCUT2D eigenvalue weighted by atomic mass is 16.1. The molecule has 2 aromatic heterocycles. The van der Waals surface area contributed by atoms with E-state index in [4.69, 9.17) is 0 Å². The minimum atomic E-state index is -0.120. The molecule has 8 heteroatoms. The van der Waals surface area contributed by atoms with Gasteiger partial charge in [0, 0.05) is 20.0 Å². The Morgan fingerprint density at radius 3 is 2.62 bits per heavy atom. The second-order valence-electron chi connectivity index (χ2n) is 5.44. The van der Waals surface area contributed by atoms with Gasteiger partial charge in [0.05, 0.1) is 6.04 Å². The first-order valence-corrected chi connectivity index (χ1v) is 7.02. The predicted molar refractivity (Wildman–Crippen MR) is 76.0 cm³/mol. The molecule has 1 N–H and O–H groups in total. The van der Waals surface area contributed by atoms with Crippen LogP contribution in [0.25, 0.3) is 0 Å². The van der Waals surface area contributed by atoms with Crippen LogP contribution in [0.1, 0.15) is 38.6 Å². The highest BCUT2D eigenvalue weighted by Gasteiger charge is 2.20. The lowest BCUT2D eigenvalue weighted by Gasteiger charge is -2.19. The zero-order valence-electron chi connectivity index (χ0n) is 12.6. The van der Waals surface area contributed by atoms with E-state index >= 15 is 0 Å². The van der Waals surface area contributed by atoms with Crippen molar-refractivity contribution in [3.8, 4) is 0 Å². The number of aromatic nitrogens is 6. The van der Waals surface area contributed by atoms with Gasteiger partial charge in [-0.25, -0.2) is 4.98 Å². The van der Waals surface area contributed by atoms with Crippen molar-refractivity contribution in [1.29, 1.82) is 0 Å². The van der Waals surface area contributed by atoms with E-state index < -0.39 is 0 Å². The van der Waals surface area contributed by atoms with Gasteiger partial charge in [0.25, 0.3) is 0 Å². The summed E-state index contributed by atoms with van der Waals surface area (Å²) in [7, 11) is 1.83. The van der Waals surface area contributed by atoms with Crippen LogP contribution in [0.5, 0.6) is 0 Å². The summed E-state index contributed by atoms with van der Waals surface area (Å²) in [5, 5.41) is 14.5. The first-order valence-electron chi connectivity index (χ1n) is 7.02. The van der Waals surface area contributed by atoms with E-state index in [0.717, 1.165) is 12.2 Å². The van der Waals surface area contributed by atoms with E-state index in [0.29, 0.717) is 18.9 Å². The van der Waals surface area contributed by atoms with Gasteiger partial charge in [-0.15, -0.1) is 10.2 Å². The highest BCUT2D eigenvalue weighted by molar-refractivity contribution is 5.76. The molecule has 0 unspecified atom stereocenters. The van der Waals surface area contributed by atoms with Crippen LogP contribution in [-0.2, 0) is 18.4 Å². The lowest BCUT2D eigenvalue weighted by Crippen LogP contribution is -2.31. The Balaban J connectivity index is 1.95. The summed E-state index contributed by atoms with van der Waals surface area (Å²) in [6.07, 6.45) is 5.91. The van der Waals surface area contributed by atoms with Gasteiger partial charge in [0.15, 0.2) is 0 Å². The first-order chi connectivity index (χ1) is 10.1. The Hall–Kier alpha value is -2.25. The third-order valence-electron chi connectivity index (χ3n) is 3.16. The number of aryl methyl sites for hydroxylation is 2. The molecule has 1 atom stereocenters. The maximum absolute atomic E-state index is 12.1. The molecule has 114 valence electrons. The van der Waals surface area contributed by atoms with E-state index in [1.807, 2.05) is 7.05 Å². The Morgan fingerprint density at radius 1 is 1.33 bits per heavy atom. The number of amides is 1. The maximum Gasteiger partial charge on any atom is 0.222 e. The van der Waals surface area contributed by atoms with Gasteiger partial charge >= 0.3 is 0 Å². The summed E-state index contributed by atoms with van der Waals surface area (Å²) in [6, 6.07) is -0.120. The average Bonchev–Trinajstić information content (AvgIpc) is 3.06. The van der Waals surface area contributed by atoms with Crippen molar-refractivity contribution in [1.82, 2.24) is 34.8 Å². The predicted octanol–water partition coefficient (Wildman–Crippen LogP) is 0.700. The fourth-order valence-corrected chi connectivity index (χ4v) is 2.16. The third kappa shape index (κ3) is 4.37. The number of hydrogen-bond donors (Lipinski definition) is 1. The van der Waals surface area contributed by atoms with Gasteiger partial charge in [0.1, 0.15) is 24.8 Å². The fourth-order valence-electron chi connectivity index (χ4n) is 2.16. The molecule has 2 heterocycles. The van der Waals surface area contributed by atoms with E-state index in [2.05, 4.69) is 39.4 Å². The lowest BCUT2D eigenvalue weighted by molar-refractivity contribution is -0.122. The standard InChI is InChI=1S/C13H21N7O/c1-10(2)6-11(13-14-7-17-19(13)3)18-12(21)4-5-20-8-15-16-9-20/h7-11H,4-6H2,1-3H3,(H,18,21)/t11-/m0/s1. The monoisotopic (exact) mass is 291 g/mol. The van der Waals surface area contributed by atoms with Gasteiger partial charge in [-0.2, -0.15) is 5.10 Å². The van der Waals surface area contributed by atoms with Crippen LogP contribution in [0.2, 0.25) is 0 Å². The molecular formula is C13H21N7O. The quantitative estimate of drug-likeness (QED) is 0.811. The normalized spacial score (nSPS) is 12.6. The summed E-state index contributed by atoms with van der Waals surface area (Å²) >= 11 is 0. The van der Waals surface area contributed by atoms with Crippen LogP contribution in [0.3, 0.4) is 0 Å². The largest absolute Gasteiger partial charge is 0.346 e. The van der Waals surface area contributed by atoms with Gasteiger partial charge in [0.2, 0.25) is 5.91 Å². The summed E-state index contributed by atoms with van der Waals surface area (Å²) in [4.78, 5) is 16.4. The van der Waals surface area contributed by atoms with Gasteiger partial charge < -0.3 is 9.88 Å². The van der Waals surface area contributed by atoms with Crippen molar-refractivity contribution in [2.24, 2.45) is 13.0 Å². The Bertz CT molecular complexity index is 561. The number of hydrogen-bond acceptors (Lipinski definition) is 5. The summed E-state index contributed by atoms with van der Waals surface area (Å²) in [6.45, 7) is 4.80. The second-order valence-corrected chi connectivity index (χ2v) is 5.44. The van der Waals surface area contributed by atoms with Crippen LogP contribution in [0.15, 0.2) is 19.0 Å². The third-order valence-corrected chi connectivity index (χ3v) is 3.16. The molecule has 0 aliphatic heterocycles. The lowest BCUT2D eigenvalue weighted by atomic mass is 10.0. The van der Waals surface area contributed by atoms with Gasteiger partial charge in [-0.3, -0.25) is 9.48 Å². The molecule has 1 amide bonds. The SMILES string of the molecule is CC(C)C[C@H](NC(=O)CCn1cnnc1)c1ncnn1C. The molecule has 0 fully saturated rings. The minimum Gasteiger partial charge on any atom is -0.346 e. The number of nitrogens with one attached hydrogen (secondary N) is 1. The van der Waals surface area contributed by atoms with Crippen molar-refractivity contribution in [3.63, 3.8) is 0 Å². The fraction of sp³-hybridized carbons (Fsp3) is 0.615. The van der Waals surface area contributed by atoms with E-state index in [1.54, 1.807) is 21.9 Å².